The van der Waals surface area contributed by atoms with Crippen molar-refractivity contribution in [1.82, 2.24) is 4.90 Å². The summed E-state index contributed by atoms with van der Waals surface area (Å²) in [5, 5.41) is 18.7. The Bertz CT molecular complexity index is 609. The minimum Gasteiger partial charge on any atom is -0.367 e. The van der Waals surface area contributed by atoms with Gasteiger partial charge in [0.05, 0.1) is 0 Å². The Morgan fingerprint density at radius 3 is 1.16 bits per heavy atom. The van der Waals surface area contributed by atoms with E-state index in [-0.39, 0.29) is 24.0 Å². The molecule has 0 bridgehead atoms. The summed E-state index contributed by atoms with van der Waals surface area (Å²) in [5.41, 5.74) is 0. The van der Waals surface area contributed by atoms with Gasteiger partial charge in [0.2, 0.25) is 0 Å². The Morgan fingerprint density at radius 2 is 0.814 bits per heavy atom. The standard InChI is InChI=1S/C38H75NO4/c1-4-6-8-10-12-14-16-18-20-22-24-26-28-30-36(40)32-35(33-39(3)34-38(42)43)37(41)31-29-27-25-23-21-19-17-15-13-11-9-7-5-2/h35,38,42-43H,4-34H2,1-3H3. The molecule has 0 saturated carbocycles. The second-order valence-electron chi connectivity index (χ2n) is 13.6. The van der Waals surface area contributed by atoms with Gasteiger partial charge in [0.25, 0.3) is 0 Å². The number of likely N-dealkylation sites (N-methyl/N-ethyl adjacent to an activating group) is 1. The van der Waals surface area contributed by atoms with Crippen molar-refractivity contribution in [3.05, 3.63) is 0 Å². The lowest BCUT2D eigenvalue weighted by Gasteiger charge is -2.23. The molecule has 2 N–H and O–H groups in total. The molecule has 5 nitrogen and oxygen atoms in total. The Morgan fingerprint density at radius 1 is 0.488 bits per heavy atom. The van der Waals surface area contributed by atoms with E-state index in [4.69, 9.17) is 0 Å². The predicted molar refractivity (Wildman–Crippen MR) is 184 cm³/mol. The zero-order chi connectivity index (χ0) is 31.8. The molecule has 0 amide bonds. The number of rotatable bonds is 35. The second kappa shape index (κ2) is 32.6. The normalized spacial score (nSPS) is 12.4. The Hall–Kier alpha value is -0.780. The molecule has 0 aromatic rings. The van der Waals surface area contributed by atoms with E-state index in [1.54, 1.807) is 11.9 Å². The van der Waals surface area contributed by atoms with Crippen molar-refractivity contribution in [1.29, 1.82) is 0 Å². The quantitative estimate of drug-likeness (QED) is 0.0552. The van der Waals surface area contributed by atoms with E-state index in [1.165, 1.54) is 141 Å². The van der Waals surface area contributed by atoms with Gasteiger partial charge < -0.3 is 15.1 Å². The first-order valence-electron chi connectivity index (χ1n) is 19.0. The number of unbranched alkanes of at least 4 members (excludes halogenated alkanes) is 24. The lowest BCUT2D eigenvalue weighted by molar-refractivity contribution is -0.129. The van der Waals surface area contributed by atoms with Crippen LogP contribution < -0.4 is 0 Å². The van der Waals surface area contributed by atoms with Crippen molar-refractivity contribution in [2.75, 3.05) is 20.1 Å². The number of hydrogen-bond acceptors (Lipinski definition) is 5. The topological polar surface area (TPSA) is 77.8 Å². The van der Waals surface area contributed by atoms with Crippen LogP contribution in [0.4, 0.5) is 0 Å². The Labute approximate surface area is 268 Å². The molecule has 0 rings (SSSR count). The fourth-order valence-electron chi connectivity index (χ4n) is 6.25. The maximum atomic E-state index is 13.1. The van der Waals surface area contributed by atoms with Gasteiger partial charge in [0.15, 0.2) is 6.29 Å². The van der Waals surface area contributed by atoms with Crippen LogP contribution in [0, 0.1) is 5.92 Å². The van der Waals surface area contributed by atoms with Crippen LogP contribution >= 0.6 is 0 Å². The van der Waals surface area contributed by atoms with Crippen molar-refractivity contribution >= 4 is 11.6 Å². The van der Waals surface area contributed by atoms with Gasteiger partial charge in [0, 0.05) is 38.3 Å². The molecule has 256 valence electrons. The number of ketones is 2. The highest BCUT2D eigenvalue weighted by atomic mass is 16.5. The third-order valence-electron chi connectivity index (χ3n) is 9.02. The first kappa shape index (κ1) is 42.2. The summed E-state index contributed by atoms with van der Waals surface area (Å²) in [6, 6.07) is 0. The van der Waals surface area contributed by atoms with Crippen molar-refractivity contribution in [2.45, 2.75) is 206 Å². The van der Waals surface area contributed by atoms with E-state index in [9.17, 15) is 19.8 Å². The second-order valence-corrected chi connectivity index (χ2v) is 13.6. The van der Waals surface area contributed by atoms with Crippen molar-refractivity contribution in [3.8, 4) is 0 Å². The van der Waals surface area contributed by atoms with Crippen LogP contribution in [0.25, 0.3) is 0 Å². The summed E-state index contributed by atoms with van der Waals surface area (Å²) in [4.78, 5) is 27.6. The minimum absolute atomic E-state index is 0.0928. The van der Waals surface area contributed by atoms with Crippen LogP contribution in [0.5, 0.6) is 0 Å². The van der Waals surface area contributed by atoms with Crippen molar-refractivity contribution in [3.63, 3.8) is 0 Å². The van der Waals surface area contributed by atoms with E-state index in [2.05, 4.69) is 13.8 Å². The van der Waals surface area contributed by atoms with Gasteiger partial charge in [-0.1, -0.05) is 168 Å². The first-order valence-corrected chi connectivity index (χ1v) is 19.0. The molecule has 0 radical (unpaired) electrons. The highest BCUT2D eigenvalue weighted by Gasteiger charge is 2.23. The summed E-state index contributed by atoms with van der Waals surface area (Å²) in [5.74, 6) is 0.0151. The van der Waals surface area contributed by atoms with Crippen molar-refractivity contribution in [2.24, 2.45) is 5.92 Å². The zero-order valence-electron chi connectivity index (χ0n) is 29.2. The van der Waals surface area contributed by atoms with E-state index in [0.717, 1.165) is 25.7 Å². The number of hydrogen-bond donors (Lipinski definition) is 2. The molecular weight excluding hydrogens is 534 g/mol. The fourth-order valence-corrected chi connectivity index (χ4v) is 6.25. The van der Waals surface area contributed by atoms with Gasteiger partial charge in [-0.15, -0.1) is 0 Å². The maximum Gasteiger partial charge on any atom is 0.164 e. The van der Waals surface area contributed by atoms with Gasteiger partial charge >= 0.3 is 0 Å². The number of aliphatic hydroxyl groups is 2. The van der Waals surface area contributed by atoms with Crippen LogP contribution in [-0.2, 0) is 9.59 Å². The molecule has 0 aromatic heterocycles. The van der Waals surface area contributed by atoms with E-state index in [0.29, 0.717) is 25.8 Å². The predicted octanol–water partition coefficient (Wildman–Crippen LogP) is 10.3. The van der Waals surface area contributed by atoms with Crippen LogP contribution in [-0.4, -0.2) is 53.1 Å². The summed E-state index contributed by atoms with van der Waals surface area (Å²) >= 11 is 0. The molecule has 0 spiro atoms. The van der Waals surface area contributed by atoms with E-state index < -0.39 is 6.29 Å². The number of Topliss-reactive ketones (excluding diaryl/α,β-unsaturated/α-hetero) is 2. The average molecular weight is 610 g/mol. The summed E-state index contributed by atoms with van der Waals surface area (Å²) in [6.07, 6.45) is 33.3. The number of nitrogens with zero attached hydrogens (tertiary/aromatic N) is 1. The van der Waals surface area contributed by atoms with E-state index >= 15 is 0 Å². The third-order valence-corrected chi connectivity index (χ3v) is 9.02. The van der Waals surface area contributed by atoms with Crippen LogP contribution in [0.1, 0.15) is 200 Å². The SMILES string of the molecule is CCCCCCCCCCCCCCCC(=O)CC(CN(C)CC(O)O)C(=O)CCCCCCCCCCCCCCC. The molecule has 0 aliphatic heterocycles. The third kappa shape index (κ3) is 31.0. The largest absolute Gasteiger partial charge is 0.367 e. The molecule has 1 atom stereocenters. The lowest BCUT2D eigenvalue weighted by atomic mass is 9.91. The van der Waals surface area contributed by atoms with Gasteiger partial charge in [0.1, 0.15) is 11.6 Å². The summed E-state index contributed by atoms with van der Waals surface area (Å²) in [6.45, 7) is 5.04. The average Bonchev–Trinajstić information content (AvgIpc) is 2.97. The maximum absolute atomic E-state index is 13.1. The molecule has 43 heavy (non-hydrogen) atoms. The van der Waals surface area contributed by atoms with Crippen LogP contribution in [0.2, 0.25) is 0 Å². The number of carbonyl (C=O) groups excluding carboxylic acids is 2. The summed E-state index contributed by atoms with van der Waals surface area (Å²) < 4.78 is 0. The van der Waals surface area contributed by atoms with Gasteiger partial charge in [-0.2, -0.15) is 0 Å². The zero-order valence-corrected chi connectivity index (χ0v) is 29.2. The Balaban J connectivity index is 4.07. The summed E-state index contributed by atoms with van der Waals surface area (Å²) in [7, 11) is 1.79. The number of aliphatic hydroxyl groups excluding tert-OH is 1. The molecule has 0 aliphatic rings. The molecule has 0 saturated heterocycles. The fraction of sp³-hybridized carbons (Fsp3) is 0.947. The van der Waals surface area contributed by atoms with Crippen LogP contribution in [0.3, 0.4) is 0 Å². The highest BCUT2D eigenvalue weighted by molar-refractivity contribution is 5.88. The lowest BCUT2D eigenvalue weighted by Crippen LogP contribution is -2.36. The molecule has 0 aliphatic carbocycles. The molecule has 0 heterocycles. The number of carbonyl (C=O) groups is 2. The first-order chi connectivity index (χ1) is 20.9. The molecule has 0 fully saturated rings. The Kier molecular flexibility index (Phi) is 32.0. The van der Waals surface area contributed by atoms with Gasteiger partial charge in [-0.25, -0.2) is 0 Å². The molecule has 1 unspecified atom stereocenters. The molecule has 5 heteroatoms. The van der Waals surface area contributed by atoms with Crippen LogP contribution in [0.15, 0.2) is 0 Å². The van der Waals surface area contributed by atoms with Gasteiger partial charge in [-0.3, -0.25) is 9.59 Å². The molecular formula is C38H75NO4. The monoisotopic (exact) mass is 610 g/mol. The van der Waals surface area contributed by atoms with Crippen molar-refractivity contribution < 1.29 is 19.8 Å². The van der Waals surface area contributed by atoms with E-state index in [1.807, 2.05) is 0 Å². The minimum atomic E-state index is -1.43. The van der Waals surface area contributed by atoms with Gasteiger partial charge in [-0.05, 0) is 19.9 Å². The molecule has 0 aromatic carbocycles. The smallest absolute Gasteiger partial charge is 0.164 e. The highest BCUT2D eigenvalue weighted by Crippen LogP contribution is 2.18.